The van der Waals surface area contributed by atoms with Crippen molar-refractivity contribution >= 4 is 33.8 Å². The molecule has 0 N–H and O–H groups in total. The van der Waals surface area contributed by atoms with Crippen LogP contribution in [0.1, 0.15) is 33.2 Å². The highest BCUT2D eigenvalue weighted by Crippen LogP contribution is 2.35. The smallest absolute Gasteiger partial charge is 0.344 e. The van der Waals surface area contributed by atoms with Gasteiger partial charge in [0.15, 0.2) is 5.76 Å². The van der Waals surface area contributed by atoms with Crippen LogP contribution in [0.25, 0.3) is 6.08 Å². The Hall–Kier alpha value is -3.38. The average Bonchev–Trinajstić information content (AvgIpc) is 3.04. The van der Waals surface area contributed by atoms with Gasteiger partial charge < -0.3 is 14.2 Å². The molecule has 0 saturated carbocycles. The minimum absolute atomic E-state index is 0.212. The van der Waals surface area contributed by atoms with Crippen LogP contribution in [-0.4, -0.2) is 18.4 Å². The van der Waals surface area contributed by atoms with Gasteiger partial charge in [0.1, 0.15) is 17.2 Å². The highest BCUT2D eigenvalue weighted by molar-refractivity contribution is 9.10. The van der Waals surface area contributed by atoms with E-state index in [1.165, 1.54) is 0 Å². The Labute approximate surface area is 182 Å². The van der Waals surface area contributed by atoms with Crippen molar-refractivity contribution in [2.45, 2.75) is 6.92 Å². The largest absolute Gasteiger partial charge is 0.494 e. The molecule has 1 aliphatic heterocycles. The lowest BCUT2D eigenvalue weighted by Crippen LogP contribution is -2.09. The van der Waals surface area contributed by atoms with E-state index in [1.54, 1.807) is 42.5 Å². The van der Waals surface area contributed by atoms with Crippen LogP contribution in [0.4, 0.5) is 0 Å². The summed E-state index contributed by atoms with van der Waals surface area (Å²) in [5.74, 6) is 0.903. The van der Waals surface area contributed by atoms with Crippen molar-refractivity contribution < 1.29 is 23.8 Å². The van der Waals surface area contributed by atoms with Crippen molar-refractivity contribution in [3.63, 3.8) is 0 Å². The summed E-state index contributed by atoms with van der Waals surface area (Å²) in [5, 5.41) is 0. The molecular formula is C24H17BrO5. The minimum atomic E-state index is -0.503. The predicted octanol–water partition coefficient (Wildman–Crippen LogP) is 5.68. The van der Waals surface area contributed by atoms with Crippen molar-refractivity contribution in [3.8, 4) is 17.2 Å². The molecule has 0 fully saturated rings. The third kappa shape index (κ3) is 4.14. The van der Waals surface area contributed by atoms with Gasteiger partial charge in [-0.3, -0.25) is 4.79 Å². The molecule has 4 rings (SSSR count). The van der Waals surface area contributed by atoms with Crippen LogP contribution in [0.3, 0.4) is 0 Å². The molecule has 0 aromatic heterocycles. The van der Waals surface area contributed by atoms with Gasteiger partial charge in [-0.25, -0.2) is 4.79 Å². The molecule has 3 aromatic rings. The number of hydrogen-bond acceptors (Lipinski definition) is 5. The number of benzene rings is 3. The fourth-order valence-electron chi connectivity index (χ4n) is 3.00. The van der Waals surface area contributed by atoms with Crippen molar-refractivity contribution in [3.05, 3.63) is 93.7 Å². The van der Waals surface area contributed by atoms with Crippen molar-refractivity contribution in [2.75, 3.05) is 6.61 Å². The monoisotopic (exact) mass is 464 g/mol. The van der Waals surface area contributed by atoms with Crippen molar-refractivity contribution in [2.24, 2.45) is 0 Å². The van der Waals surface area contributed by atoms with E-state index in [4.69, 9.17) is 14.2 Å². The number of esters is 1. The highest BCUT2D eigenvalue weighted by atomic mass is 79.9. The fraction of sp³-hybridized carbons (Fsp3) is 0.0833. The number of carbonyl (C=O) groups excluding carboxylic acids is 2. The molecule has 150 valence electrons. The second kappa shape index (κ2) is 8.55. The van der Waals surface area contributed by atoms with Crippen LogP contribution in [0.2, 0.25) is 0 Å². The zero-order chi connectivity index (χ0) is 21.1. The molecule has 0 atom stereocenters. The van der Waals surface area contributed by atoms with E-state index in [-0.39, 0.29) is 11.5 Å². The van der Waals surface area contributed by atoms with E-state index in [9.17, 15) is 9.59 Å². The molecule has 1 aliphatic rings. The molecule has 30 heavy (non-hydrogen) atoms. The number of ketones is 1. The molecule has 0 amide bonds. The SMILES string of the molecule is CCOc1ccc(/C=C2\Oc3cc(OC(=O)c4ccccc4Br)ccc3C2=O)cc1. The molecule has 6 heteroatoms. The topological polar surface area (TPSA) is 61.8 Å². The first-order valence-corrected chi connectivity index (χ1v) is 10.1. The summed E-state index contributed by atoms with van der Waals surface area (Å²) >= 11 is 3.33. The first kappa shape index (κ1) is 19.9. The Morgan fingerprint density at radius 1 is 1.03 bits per heavy atom. The minimum Gasteiger partial charge on any atom is -0.494 e. The highest BCUT2D eigenvalue weighted by Gasteiger charge is 2.28. The van der Waals surface area contributed by atoms with Crippen LogP contribution in [-0.2, 0) is 0 Å². The van der Waals surface area contributed by atoms with Crippen LogP contribution in [0.15, 0.2) is 77.0 Å². The fourth-order valence-corrected chi connectivity index (χ4v) is 3.44. The summed E-state index contributed by atoms with van der Waals surface area (Å²) in [5.41, 5.74) is 1.65. The summed E-state index contributed by atoms with van der Waals surface area (Å²) in [7, 11) is 0. The van der Waals surface area contributed by atoms with Gasteiger partial charge in [0.2, 0.25) is 5.78 Å². The summed E-state index contributed by atoms with van der Waals surface area (Å²) in [6.07, 6.45) is 1.67. The Bertz CT molecular complexity index is 1150. The maximum Gasteiger partial charge on any atom is 0.344 e. The Kier molecular flexibility index (Phi) is 5.68. The first-order valence-electron chi connectivity index (χ1n) is 9.33. The summed E-state index contributed by atoms with van der Waals surface area (Å²) in [6, 6.07) is 19.1. The van der Waals surface area contributed by atoms with Crippen LogP contribution in [0.5, 0.6) is 17.2 Å². The standard InChI is InChI=1S/C24H17BrO5/c1-2-28-16-9-7-15(8-10-16)13-22-23(26)19-12-11-17(14-21(19)30-22)29-24(27)18-5-3-4-6-20(18)25/h3-14H,2H2,1H3/b22-13-. The lowest BCUT2D eigenvalue weighted by molar-refractivity contribution is 0.0733. The summed E-state index contributed by atoms with van der Waals surface area (Å²) < 4.78 is 17.2. The molecule has 0 bridgehead atoms. The number of allylic oxidation sites excluding steroid dienone is 1. The van der Waals surface area contributed by atoms with Crippen LogP contribution in [0, 0.1) is 0 Å². The third-order valence-electron chi connectivity index (χ3n) is 4.43. The second-order valence-electron chi connectivity index (χ2n) is 6.47. The number of halogens is 1. The molecule has 0 unspecified atom stereocenters. The van der Waals surface area contributed by atoms with Crippen LogP contribution < -0.4 is 14.2 Å². The normalized spacial score (nSPS) is 13.7. The maximum atomic E-state index is 12.6. The van der Waals surface area contributed by atoms with E-state index in [0.29, 0.717) is 33.7 Å². The van der Waals surface area contributed by atoms with Gasteiger partial charge in [-0.15, -0.1) is 0 Å². The Morgan fingerprint density at radius 3 is 2.50 bits per heavy atom. The van der Waals surface area contributed by atoms with Gasteiger partial charge in [0.05, 0.1) is 17.7 Å². The zero-order valence-corrected chi connectivity index (χ0v) is 17.6. The number of fused-ring (bicyclic) bond motifs is 1. The second-order valence-corrected chi connectivity index (χ2v) is 7.32. The molecule has 0 spiro atoms. The van der Waals surface area contributed by atoms with E-state index >= 15 is 0 Å². The average molecular weight is 465 g/mol. The van der Waals surface area contributed by atoms with Gasteiger partial charge in [-0.05, 0) is 70.9 Å². The van der Waals surface area contributed by atoms with Gasteiger partial charge in [-0.1, -0.05) is 24.3 Å². The first-order chi connectivity index (χ1) is 14.5. The van der Waals surface area contributed by atoms with E-state index in [0.717, 1.165) is 11.3 Å². The number of Topliss-reactive ketones (excluding diaryl/α,β-unsaturated/α-hetero) is 1. The van der Waals surface area contributed by atoms with Gasteiger partial charge in [0, 0.05) is 10.5 Å². The van der Waals surface area contributed by atoms with Crippen molar-refractivity contribution in [1.82, 2.24) is 0 Å². The molecule has 0 aliphatic carbocycles. The lowest BCUT2D eigenvalue weighted by Gasteiger charge is -2.07. The van der Waals surface area contributed by atoms with Gasteiger partial charge in [-0.2, -0.15) is 0 Å². The molecule has 5 nitrogen and oxygen atoms in total. The van der Waals surface area contributed by atoms with E-state index in [2.05, 4.69) is 15.9 Å². The number of hydrogen-bond donors (Lipinski definition) is 0. The summed E-state index contributed by atoms with van der Waals surface area (Å²) in [6.45, 7) is 2.51. The Morgan fingerprint density at radius 2 is 1.77 bits per heavy atom. The lowest BCUT2D eigenvalue weighted by atomic mass is 10.1. The van der Waals surface area contributed by atoms with Crippen LogP contribution >= 0.6 is 15.9 Å². The zero-order valence-electron chi connectivity index (χ0n) is 16.1. The predicted molar refractivity (Wildman–Crippen MR) is 116 cm³/mol. The molecule has 0 saturated heterocycles. The summed E-state index contributed by atoms with van der Waals surface area (Å²) in [4.78, 5) is 25.0. The van der Waals surface area contributed by atoms with E-state index in [1.807, 2.05) is 37.3 Å². The molecule has 3 aromatic carbocycles. The number of ether oxygens (including phenoxy) is 3. The van der Waals surface area contributed by atoms with Gasteiger partial charge >= 0.3 is 5.97 Å². The van der Waals surface area contributed by atoms with Gasteiger partial charge in [0.25, 0.3) is 0 Å². The van der Waals surface area contributed by atoms with Crippen molar-refractivity contribution in [1.29, 1.82) is 0 Å². The maximum absolute atomic E-state index is 12.6. The quantitative estimate of drug-likeness (QED) is 0.276. The Balaban J connectivity index is 1.52. The molecule has 0 radical (unpaired) electrons. The third-order valence-corrected chi connectivity index (χ3v) is 5.13. The number of carbonyl (C=O) groups is 2. The molecular weight excluding hydrogens is 448 g/mol. The number of rotatable bonds is 5. The van der Waals surface area contributed by atoms with E-state index < -0.39 is 5.97 Å². The molecule has 1 heterocycles.